The Morgan fingerprint density at radius 1 is 1.33 bits per heavy atom. The minimum absolute atomic E-state index is 0.0826. The number of ether oxygens (including phenoxy) is 2. The van der Waals surface area contributed by atoms with Crippen molar-refractivity contribution in [2.75, 3.05) is 19.8 Å². The maximum Gasteiger partial charge on any atom is 0.422 e. The van der Waals surface area contributed by atoms with Gasteiger partial charge in [-0.1, -0.05) is 12.1 Å². The van der Waals surface area contributed by atoms with Crippen LogP contribution in [0.1, 0.15) is 17.0 Å². The van der Waals surface area contributed by atoms with Gasteiger partial charge < -0.3 is 14.6 Å². The van der Waals surface area contributed by atoms with E-state index in [1.54, 1.807) is 18.2 Å². The second-order valence-corrected chi connectivity index (χ2v) is 4.16. The van der Waals surface area contributed by atoms with E-state index in [-0.39, 0.29) is 18.3 Å². The third-order valence-corrected chi connectivity index (χ3v) is 2.76. The molecule has 0 aliphatic carbocycles. The summed E-state index contributed by atoms with van der Waals surface area (Å²) in [7, 11) is 0. The maximum absolute atomic E-state index is 12.1. The molecule has 1 aromatic rings. The van der Waals surface area contributed by atoms with Gasteiger partial charge in [-0.15, -0.1) is 0 Å². The van der Waals surface area contributed by atoms with Crippen LogP contribution in [0.2, 0.25) is 0 Å². The number of hydrogen-bond acceptors (Lipinski definition) is 3. The summed E-state index contributed by atoms with van der Waals surface area (Å²) in [5, 5.41) is 9.06. The summed E-state index contributed by atoms with van der Waals surface area (Å²) < 4.78 is 46.1. The van der Waals surface area contributed by atoms with E-state index in [1.165, 1.54) is 0 Å². The minimum Gasteiger partial charge on any atom is -0.484 e. The van der Waals surface area contributed by atoms with Crippen molar-refractivity contribution in [3.05, 3.63) is 29.3 Å². The first kappa shape index (κ1) is 13.2. The Morgan fingerprint density at radius 3 is 2.56 bits per heavy atom. The van der Waals surface area contributed by atoms with Gasteiger partial charge in [0.05, 0.1) is 19.8 Å². The van der Waals surface area contributed by atoms with Gasteiger partial charge >= 0.3 is 6.18 Å². The number of rotatable bonds is 4. The van der Waals surface area contributed by atoms with Crippen LogP contribution < -0.4 is 4.74 Å². The molecule has 1 N–H and O–H groups in total. The molecule has 0 aromatic heterocycles. The number of benzene rings is 1. The first-order valence-corrected chi connectivity index (χ1v) is 5.50. The molecule has 0 spiro atoms. The molecule has 0 bridgehead atoms. The highest BCUT2D eigenvalue weighted by molar-refractivity contribution is 5.39. The number of halogens is 3. The fourth-order valence-electron chi connectivity index (χ4n) is 1.68. The molecule has 1 aliphatic rings. The van der Waals surface area contributed by atoms with Gasteiger partial charge in [0.15, 0.2) is 6.61 Å². The van der Waals surface area contributed by atoms with E-state index in [0.717, 1.165) is 5.56 Å². The van der Waals surface area contributed by atoms with Crippen LogP contribution in [-0.4, -0.2) is 31.1 Å². The largest absolute Gasteiger partial charge is 0.484 e. The van der Waals surface area contributed by atoms with Crippen LogP contribution in [0, 0.1) is 0 Å². The van der Waals surface area contributed by atoms with E-state index in [0.29, 0.717) is 18.8 Å². The second kappa shape index (κ2) is 5.16. The number of hydrogen-bond donors (Lipinski definition) is 1. The van der Waals surface area contributed by atoms with Crippen molar-refractivity contribution in [1.29, 1.82) is 0 Å². The number of aliphatic hydroxyl groups excluding tert-OH is 1. The summed E-state index contributed by atoms with van der Waals surface area (Å²) in [5.74, 6) is 0.283. The molecule has 18 heavy (non-hydrogen) atoms. The van der Waals surface area contributed by atoms with Crippen molar-refractivity contribution in [3.63, 3.8) is 0 Å². The van der Waals surface area contributed by atoms with Gasteiger partial charge in [0.1, 0.15) is 5.75 Å². The first-order chi connectivity index (χ1) is 8.49. The highest BCUT2D eigenvalue weighted by atomic mass is 19.4. The van der Waals surface area contributed by atoms with Crippen molar-refractivity contribution >= 4 is 0 Å². The lowest BCUT2D eigenvalue weighted by Crippen LogP contribution is -2.25. The van der Waals surface area contributed by atoms with E-state index in [9.17, 15) is 13.2 Å². The topological polar surface area (TPSA) is 38.7 Å². The summed E-state index contributed by atoms with van der Waals surface area (Å²) in [5.41, 5.74) is 1.22. The Balaban J connectivity index is 2.14. The van der Waals surface area contributed by atoms with Gasteiger partial charge in [-0.3, -0.25) is 0 Å². The second-order valence-electron chi connectivity index (χ2n) is 4.16. The third kappa shape index (κ3) is 3.14. The molecule has 1 heterocycles. The van der Waals surface area contributed by atoms with E-state index in [1.807, 2.05) is 0 Å². The summed E-state index contributed by atoms with van der Waals surface area (Å²) in [4.78, 5) is 0. The molecular weight excluding hydrogens is 249 g/mol. The zero-order valence-corrected chi connectivity index (χ0v) is 9.54. The van der Waals surface area contributed by atoms with Crippen LogP contribution in [0.25, 0.3) is 0 Å². The normalized spacial score (nSPS) is 16.4. The number of alkyl halides is 3. The van der Waals surface area contributed by atoms with Gasteiger partial charge in [-0.25, -0.2) is 0 Å². The molecule has 1 aromatic carbocycles. The standard InChI is InChI=1S/C12H13F3O3/c13-12(14,15)7-18-11-3-8(10-5-17-6-10)1-2-9(11)4-16/h1-3,10,16H,4-7H2. The molecule has 0 saturated carbocycles. The average molecular weight is 262 g/mol. The Kier molecular flexibility index (Phi) is 3.77. The van der Waals surface area contributed by atoms with Crippen molar-refractivity contribution in [2.45, 2.75) is 18.7 Å². The predicted octanol–water partition coefficient (Wildman–Crippen LogP) is 2.23. The summed E-state index contributed by atoms with van der Waals surface area (Å²) in [6.07, 6.45) is -4.39. The van der Waals surface area contributed by atoms with Crippen LogP contribution in [0.15, 0.2) is 18.2 Å². The number of aliphatic hydroxyl groups is 1. The van der Waals surface area contributed by atoms with Crippen LogP contribution in [0.4, 0.5) is 13.2 Å². The van der Waals surface area contributed by atoms with Gasteiger partial charge in [0, 0.05) is 11.5 Å². The molecular formula is C12H13F3O3. The quantitative estimate of drug-likeness (QED) is 0.904. The SMILES string of the molecule is OCc1ccc(C2COC2)cc1OCC(F)(F)F. The van der Waals surface area contributed by atoms with E-state index >= 15 is 0 Å². The lowest BCUT2D eigenvalue weighted by molar-refractivity contribution is -0.153. The molecule has 1 aliphatic heterocycles. The molecule has 0 amide bonds. The highest BCUT2D eigenvalue weighted by Crippen LogP contribution is 2.30. The lowest BCUT2D eigenvalue weighted by atomic mass is 9.96. The van der Waals surface area contributed by atoms with Crippen molar-refractivity contribution in [3.8, 4) is 5.75 Å². The zero-order chi connectivity index (χ0) is 13.2. The van der Waals surface area contributed by atoms with Crippen molar-refractivity contribution < 1.29 is 27.8 Å². The zero-order valence-electron chi connectivity index (χ0n) is 9.54. The monoisotopic (exact) mass is 262 g/mol. The molecule has 100 valence electrons. The maximum atomic E-state index is 12.1. The molecule has 2 rings (SSSR count). The first-order valence-electron chi connectivity index (χ1n) is 5.50. The molecule has 0 unspecified atom stereocenters. The van der Waals surface area contributed by atoms with Crippen LogP contribution >= 0.6 is 0 Å². The Bertz CT molecular complexity index is 414. The van der Waals surface area contributed by atoms with Crippen LogP contribution in [0.3, 0.4) is 0 Å². The van der Waals surface area contributed by atoms with Crippen molar-refractivity contribution in [1.82, 2.24) is 0 Å². The van der Waals surface area contributed by atoms with Gasteiger partial charge in [0.2, 0.25) is 0 Å². The Morgan fingerprint density at radius 2 is 2.06 bits per heavy atom. The van der Waals surface area contributed by atoms with Gasteiger partial charge in [-0.2, -0.15) is 13.2 Å². The highest BCUT2D eigenvalue weighted by Gasteiger charge is 2.29. The molecule has 6 heteroatoms. The van der Waals surface area contributed by atoms with E-state index in [2.05, 4.69) is 0 Å². The molecule has 3 nitrogen and oxygen atoms in total. The fraction of sp³-hybridized carbons (Fsp3) is 0.500. The Hall–Kier alpha value is -1.27. The van der Waals surface area contributed by atoms with Gasteiger partial charge in [-0.05, 0) is 11.6 Å². The van der Waals surface area contributed by atoms with Crippen molar-refractivity contribution in [2.24, 2.45) is 0 Å². The minimum atomic E-state index is -4.39. The summed E-state index contributed by atoms with van der Waals surface area (Å²) in [6, 6.07) is 4.91. The van der Waals surface area contributed by atoms with E-state index < -0.39 is 12.8 Å². The summed E-state index contributed by atoms with van der Waals surface area (Å²) in [6.45, 7) is -0.576. The molecule has 0 atom stereocenters. The molecule has 0 radical (unpaired) electrons. The summed E-state index contributed by atoms with van der Waals surface area (Å²) >= 11 is 0. The van der Waals surface area contributed by atoms with E-state index in [4.69, 9.17) is 14.6 Å². The van der Waals surface area contributed by atoms with Crippen LogP contribution in [0.5, 0.6) is 5.75 Å². The third-order valence-electron chi connectivity index (χ3n) is 2.76. The smallest absolute Gasteiger partial charge is 0.422 e. The average Bonchev–Trinajstić information content (AvgIpc) is 2.23. The van der Waals surface area contributed by atoms with Gasteiger partial charge in [0.25, 0.3) is 0 Å². The fourth-order valence-corrected chi connectivity index (χ4v) is 1.68. The van der Waals surface area contributed by atoms with Crippen LogP contribution in [-0.2, 0) is 11.3 Å². The lowest BCUT2D eigenvalue weighted by Gasteiger charge is -2.27. The molecule has 1 saturated heterocycles. The molecule has 1 fully saturated rings. The Labute approximate surface area is 102 Å². The predicted molar refractivity (Wildman–Crippen MR) is 57.5 cm³/mol.